The maximum atomic E-state index is 3.63. The van der Waals surface area contributed by atoms with Crippen LogP contribution in [0, 0.1) is 0 Å². The van der Waals surface area contributed by atoms with E-state index in [1.807, 2.05) is 0 Å². The first-order chi connectivity index (χ1) is 8.31. The van der Waals surface area contributed by atoms with E-state index in [1.165, 1.54) is 37.2 Å². The molecule has 1 N–H and O–H groups in total. The molecule has 2 aliphatic rings. The van der Waals surface area contributed by atoms with Crippen molar-refractivity contribution >= 4 is 5.69 Å². The summed E-state index contributed by atoms with van der Waals surface area (Å²) in [6.07, 6.45) is 4.78. The molecule has 90 valence electrons. The van der Waals surface area contributed by atoms with Crippen molar-refractivity contribution in [2.45, 2.75) is 25.8 Å². The highest BCUT2D eigenvalue weighted by Gasteiger charge is 2.22. The molecule has 1 atom stereocenters. The molecule has 1 aromatic carbocycles. The molecule has 17 heavy (non-hydrogen) atoms. The number of hydrogen-bond acceptors (Lipinski definition) is 2. The summed E-state index contributed by atoms with van der Waals surface area (Å²) in [7, 11) is 0. The van der Waals surface area contributed by atoms with Gasteiger partial charge in [-0.15, -0.1) is 0 Å². The fourth-order valence-electron chi connectivity index (χ4n) is 2.78. The van der Waals surface area contributed by atoms with Crippen molar-refractivity contribution in [2.24, 2.45) is 0 Å². The summed E-state index contributed by atoms with van der Waals surface area (Å²) in [6, 6.07) is 9.27. The molecule has 0 radical (unpaired) electrons. The normalized spacial score (nSPS) is 24.1. The molecule has 0 amide bonds. The maximum absolute atomic E-state index is 3.63. The molecule has 1 unspecified atom stereocenters. The lowest BCUT2D eigenvalue weighted by molar-refractivity contribution is 0.282. The van der Waals surface area contributed by atoms with E-state index in [4.69, 9.17) is 0 Å². The zero-order chi connectivity index (χ0) is 11.7. The van der Waals surface area contributed by atoms with Crippen molar-refractivity contribution in [1.82, 2.24) is 4.90 Å². The summed E-state index contributed by atoms with van der Waals surface area (Å²) in [4.78, 5) is 2.55. The second-order valence-electron chi connectivity index (χ2n) is 5.26. The topological polar surface area (TPSA) is 15.3 Å². The van der Waals surface area contributed by atoms with Gasteiger partial charge in [-0.1, -0.05) is 29.8 Å². The van der Waals surface area contributed by atoms with Crippen molar-refractivity contribution in [3.05, 3.63) is 41.5 Å². The summed E-state index contributed by atoms with van der Waals surface area (Å²) in [5.74, 6) is 0. The number of nitrogens with zero attached hydrogens (tertiary/aromatic N) is 1. The Morgan fingerprint density at radius 2 is 2.24 bits per heavy atom. The summed E-state index contributed by atoms with van der Waals surface area (Å²) < 4.78 is 0. The third-order valence-electron chi connectivity index (χ3n) is 3.84. The van der Waals surface area contributed by atoms with Crippen molar-refractivity contribution in [3.8, 4) is 0 Å². The molecule has 2 heterocycles. The van der Waals surface area contributed by atoms with E-state index in [0.29, 0.717) is 6.04 Å². The van der Waals surface area contributed by atoms with Crippen LogP contribution in [0.3, 0.4) is 0 Å². The highest BCUT2D eigenvalue weighted by molar-refractivity contribution is 5.56. The molecular formula is C15H20N2. The number of anilines is 1. The van der Waals surface area contributed by atoms with Crippen molar-refractivity contribution in [3.63, 3.8) is 0 Å². The number of fused-ring (bicyclic) bond motifs is 1. The lowest BCUT2D eigenvalue weighted by Crippen LogP contribution is -2.38. The smallest absolute Gasteiger partial charge is 0.0429 e. The Morgan fingerprint density at radius 3 is 3.00 bits per heavy atom. The summed E-state index contributed by atoms with van der Waals surface area (Å²) in [5, 5.41) is 3.63. The van der Waals surface area contributed by atoms with E-state index < -0.39 is 0 Å². The third kappa shape index (κ3) is 2.37. The van der Waals surface area contributed by atoms with Gasteiger partial charge in [0, 0.05) is 31.4 Å². The molecule has 2 nitrogen and oxygen atoms in total. The Morgan fingerprint density at radius 1 is 1.35 bits per heavy atom. The van der Waals surface area contributed by atoms with Gasteiger partial charge in [0.1, 0.15) is 0 Å². The van der Waals surface area contributed by atoms with Gasteiger partial charge in [0.2, 0.25) is 0 Å². The first-order valence-corrected chi connectivity index (χ1v) is 6.54. The Bertz CT molecular complexity index is 411. The number of nitrogens with one attached hydrogen (secondary N) is 1. The van der Waals surface area contributed by atoms with Gasteiger partial charge in [-0.3, -0.25) is 4.90 Å². The molecule has 1 aromatic rings. The Kier molecular flexibility index (Phi) is 2.89. The molecule has 0 fully saturated rings. The van der Waals surface area contributed by atoms with Crippen LogP contribution in [-0.2, 0) is 6.42 Å². The number of hydrogen-bond donors (Lipinski definition) is 1. The molecular weight excluding hydrogens is 208 g/mol. The van der Waals surface area contributed by atoms with Gasteiger partial charge in [0.05, 0.1) is 0 Å². The largest absolute Gasteiger partial charge is 0.380 e. The molecule has 0 saturated carbocycles. The monoisotopic (exact) mass is 228 g/mol. The standard InChI is InChI=1S/C15H20N2/c1-12-6-8-17(9-7-12)11-14-10-13-4-2-3-5-15(13)16-14/h2-6,14,16H,7-11H2,1H3. The molecule has 0 aromatic heterocycles. The predicted octanol–water partition coefficient (Wildman–Crippen LogP) is 2.68. The van der Waals surface area contributed by atoms with Crippen LogP contribution in [-0.4, -0.2) is 30.6 Å². The van der Waals surface area contributed by atoms with Crippen LogP contribution >= 0.6 is 0 Å². The van der Waals surface area contributed by atoms with E-state index in [2.05, 4.69) is 47.5 Å². The fraction of sp³-hybridized carbons (Fsp3) is 0.467. The van der Waals surface area contributed by atoms with Crippen molar-refractivity contribution in [2.75, 3.05) is 25.0 Å². The van der Waals surface area contributed by atoms with E-state index in [0.717, 1.165) is 6.54 Å². The minimum Gasteiger partial charge on any atom is -0.380 e. The van der Waals surface area contributed by atoms with Gasteiger partial charge in [-0.2, -0.15) is 0 Å². The molecule has 0 bridgehead atoms. The zero-order valence-corrected chi connectivity index (χ0v) is 10.4. The van der Waals surface area contributed by atoms with Crippen molar-refractivity contribution < 1.29 is 0 Å². The predicted molar refractivity (Wildman–Crippen MR) is 72.4 cm³/mol. The van der Waals surface area contributed by atoms with Gasteiger partial charge in [0.15, 0.2) is 0 Å². The second-order valence-corrected chi connectivity index (χ2v) is 5.26. The first kappa shape index (κ1) is 10.8. The summed E-state index contributed by atoms with van der Waals surface area (Å²) in [6.45, 7) is 5.75. The van der Waals surface area contributed by atoms with E-state index in [9.17, 15) is 0 Å². The molecule has 2 aliphatic heterocycles. The lowest BCUT2D eigenvalue weighted by atomic mass is 10.1. The summed E-state index contributed by atoms with van der Waals surface area (Å²) >= 11 is 0. The van der Waals surface area contributed by atoms with Crippen LogP contribution in [0.25, 0.3) is 0 Å². The highest BCUT2D eigenvalue weighted by Crippen LogP contribution is 2.25. The summed E-state index contributed by atoms with van der Waals surface area (Å²) in [5.41, 5.74) is 4.35. The fourth-order valence-corrected chi connectivity index (χ4v) is 2.78. The van der Waals surface area contributed by atoms with Crippen molar-refractivity contribution in [1.29, 1.82) is 0 Å². The Labute approximate surface area is 103 Å². The van der Waals surface area contributed by atoms with Crippen LogP contribution in [0.5, 0.6) is 0 Å². The molecule has 0 spiro atoms. The van der Waals surface area contributed by atoms with Gasteiger partial charge in [0.25, 0.3) is 0 Å². The van der Waals surface area contributed by atoms with Gasteiger partial charge >= 0.3 is 0 Å². The van der Waals surface area contributed by atoms with Gasteiger partial charge < -0.3 is 5.32 Å². The molecule has 3 rings (SSSR count). The van der Waals surface area contributed by atoms with Crippen LogP contribution < -0.4 is 5.32 Å². The van der Waals surface area contributed by atoms with E-state index >= 15 is 0 Å². The SMILES string of the molecule is CC1=CCN(CC2Cc3ccccc3N2)CC1. The van der Waals surface area contributed by atoms with E-state index in [-0.39, 0.29) is 0 Å². The Hall–Kier alpha value is -1.28. The van der Waals surface area contributed by atoms with Crippen LogP contribution in [0.15, 0.2) is 35.9 Å². The number of para-hydroxylation sites is 1. The van der Waals surface area contributed by atoms with Gasteiger partial charge in [-0.25, -0.2) is 0 Å². The van der Waals surface area contributed by atoms with Crippen LogP contribution in [0.2, 0.25) is 0 Å². The van der Waals surface area contributed by atoms with Gasteiger partial charge in [-0.05, 0) is 31.4 Å². The number of benzene rings is 1. The minimum absolute atomic E-state index is 0.596. The van der Waals surface area contributed by atoms with Crippen LogP contribution in [0.1, 0.15) is 18.9 Å². The molecule has 2 heteroatoms. The molecule has 0 saturated heterocycles. The first-order valence-electron chi connectivity index (χ1n) is 6.54. The second kappa shape index (κ2) is 4.53. The quantitative estimate of drug-likeness (QED) is 0.783. The van der Waals surface area contributed by atoms with E-state index in [1.54, 1.807) is 5.57 Å². The highest BCUT2D eigenvalue weighted by atomic mass is 15.2. The average molecular weight is 228 g/mol. The van der Waals surface area contributed by atoms with Crippen LogP contribution in [0.4, 0.5) is 5.69 Å². The lowest BCUT2D eigenvalue weighted by Gasteiger charge is -2.28. The average Bonchev–Trinajstić information content (AvgIpc) is 2.74. The minimum atomic E-state index is 0.596. The maximum Gasteiger partial charge on any atom is 0.0429 e. The molecule has 0 aliphatic carbocycles. The third-order valence-corrected chi connectivity index (χ3v) is 3.84. The Balaban J connectivity index is 1.59. The number of rotatable bonds is 2. The zero-order valence-electron chi connectivity index (χ0n) is 10.4.